The first-order valence-corrected chi connectivity index (χ1v) is 4.03. The number of anilines is 1. The summed E-state index contributed by atoms with van der Waals surface area (Å²) in [6, 6.07) is 5.06. The molecule has 0 unspecified atom stereocenters. The lowest BCUT2D eigenvalue weighted by molar-refractivity contribution is -0.118. The van der Waals surface area contributed by atoms with Crippen LogP contribution in [0.15, 0.2) is 29.0 Å². The Balaban J connectivity index is 2.30. The van der Waals surface area contributed by atoms with Gasteiger partial charge in [-0.1, -0.05) is 0 Å². The summed E-state index contributed by atoms with van der Waals surface area (Å²) < 4.78 is 5.03. The third-order valence-electron chi connectivity index (χ3n) is 1.76. The minimum absolute atomic E-state index is 0.451. The van der Waals surface area contributed by atoms with Crippen LogP contribution < -0.4 is 5.32 Å². The molecule has 0 aliphatic heterocycles. The topological polar surface area (TPSA) is 75.4 Å². The van der Waals surface area contributed by atoms with Gasteiger partial charge in [-0.05, 0) is 18.2 Å². The zero-order chi connectivity index (χ0) is 9.97. The fraction of sp³-hybridized carbons (Fsp3) is 0.111. The number of carbonyl (C=O) groups is 1. The van der Waals surface area contributed by atoms with Gasteiger partial charge in [0.15, 0.2) is 12.0 Å². The SMILES string of the molecule is O=C(CO)Nc1ccc2ocnc2c1. The molecule has 2 rings (SSSR count). The van der Waals surface area contributed by atoms with E-state index in [0.29, 0.717) is 16.8 Å². The van der Waals surface area contributed by atoms with Gasteiger partial charge in [0.1, 0.15) is 12.1 Å². The Morgan fingerprint density at radius 1 is 1.57 bits per heavy atom. The van der Waals surface area contributed by atoms with Crippen LogP contribution in [0.1, 0.15) is 0 Å². The van der Waals surface area contributed by atoms with Gasteiger partial charge in [0, 0.05) is 5.69 Å². The molecule has 0 spiro atoms. The number of nitrogens with one attached hydrogen (secondary N) is 1. The van der Waals surface area contributed by atoms with Gasteiger partial charge in [-0.15, -0.1) is 0 Å². The Labute approximate surface area is 79.4 Å². The number of benzene rings is 1. The lowest BCUT2D eigenvalue weighted by atomic mass is 10.3. The van der Waals surface area contributed by atoms with Crippen molar-refractivity contribution >= 4 is 22.7 Å². The fourth-order valence-electron chi connectivity index (χ4n) is 1.14. The first-order chi connectivity index (χ1) is 6.79. The van der Waals surface area contributed by atoms with E-state index in [9.17, 15) is 4.79 Å². The van der Waals surface area contributed by atoms with Gasteiger partial charge >= 0.3 is 0 Å². The summed E-state index contributed by atoms with van der Waals surface area (Å²) in [5, 5.41) is 11.0. The maximum atomic E-state index is 10.9. The summed E-state index contributed by atoms with van der Waals surface area (Å²) in [5.41, 5.74) is 1.91. The molecule has 2 aromatic rings. The van der Waals surface area contributed by atoms with E-state index < -0.39 is 12.5 Å². The van der Waals surface area contributed by atoms with E-state index in [1.165, 1.54) is 6.39 Å². The van der Waals surface area contributed by atoms with Crippen LogP contribution in [0.2, 0.25) is 0 Å². The number of nitrogens with zero attached hydrogens (tertiary/aromatic N) is 1. The van der Waals surface area contributed by atoms with E-state index in [1.807, 2.05) is 0 Å². The minimum atomic E-state index is -0.531. The quantitative estimate of drug-likeness (QED) is 0.736. The molecular weight excluding hydrogens is 184 g/mol. The average Bonchev–Trinajstić information content (AvgIpc) is 2.64. The van der Waals surface area contributed by atoms with Crippen molar-refractivity contribution in [2.24, 2.45) is 0 Å². The monoisotopic (exact) mass is 192 g/mol. The van der Waals surface area contributed by atoms with Crippen LogP contribution in [-0.4, -0.2) is 22.6 Å². The summed E-state index contributed by atoms with van der Waals surface area (Å²) in [7, 11) is 0. The van der Waals surface area contributed by atoms with Gasteiger partial charge < -0.3 is 14.8 Å². The summed E-state index contributed by atoms with van der Waals surface area (Å²) in [4.78, 5) is 14.8. The molecule has 0 aliphatic rings. The molecule has 1 heterocycles. The molecule has 2 N–H and O–H groups in total. The molecule has 14 heavy (non-hydrogen) atoms. The van der Waals surface area contributed by atoms with E-state index >= 15 is 0 Å². The van der Waals surface area contributed by atoms with Crippen LogP contribution in [0.25, 0.3) is 11.1 Å². The number of rotatable bonds is 2. The highest BCUT2D eigenvalue weighted by atomic mass is 16.3. The molecule has 1 amide bonds. The van der Waals surface area contributed by atoms with Gasteiger partial charge in [0.2, 0.25) is 5.91 Å². The highest BCUT2D eigenvalue weighted by Gasteiger charge is 2.02. The van der Waals surface area contributed by atoms with Crippen LogP contribution in [0.3, 0.4) is 0 Å². The summed E-state index contributed by atoms with van der Waals surface area (Å²) >= 11 is 0. The van der Waals surface area contributed by atoms with E-state index in [2.05, 4.69) is 10.3 Å². The molecule has 72 valence electrons. The molecule has 5 heteroatoms. The largest absolute Gasteiger partial charge is 0.443 e. The summed E-state index contributed by atoms with van der Waals surface area (Å²) in [6.07, 6.45) is 1.34. The lowest BCUT2D eigenvalue weighted by Crippen LogP contribution is -2.15. The Bertz CT molecular complexity index is 464. The second-order valence-electron chi connectivity index (χ2n) is 2.74. The van der Waals surface area contributed by atoms with Crippen molar-refractivity contribution in [3.8, 4) is 0 Å². The van der Waals surface area contributed by atoms with Crippen LogP contribution >= 0.6 is 0 Å². The van der Waals surface area contributed by atoms with Crippen molar-refractivity contribution in [3.05, 3.63) is 24.6 Å². The molecule has 0 fully saturated rings. The van der Waals surface area contributed by atoms with Gasteiger partial charge in [-0.3, -0.25) is 4.79 Å². The highest BCUT2D eigenvalue weighted by molar-refractivity contribution is 5.93. The highest BCUT2D eigenvalue weighted by Crippen LogP contribution is 2.17. The number of amides is 1. The predicted octanol–water partition coefficient (Wildman–Crippen LogP) is 0.759. The molecular formula is C9H8N2O3. The van der Waals surface area contributed by atoms with Crippen molar-refractivity contribution in [3.63, 3.8) is 0 Å². The number of fused-ring (bicyclic) bond motifs is 1. The molecule has 0 bridgehead atoms. The average molecular weight is 192 g/mol. The van der Waals surface area contributed by atoms with Crippen LogP contribution in [0.4, 0.5) is 5.69 Å². The molecule has 1 aromatic heterocycles. The second kappa shape index (κ2) is 3.47. The predicted molar refractivity (Wildman–Crippen MR) is 49.7 cm³/mol. The van der Waals surface area contributed by atoms with Crippen molar-refractivity contribution in [2.75, 3.05) is 11.9 Å². The Morgan fingerprint density at radius 2 is 2.43 bits per heavy atom. The second-order valence-corrected chi connectivity index (χ2v) is 2.74. The maximum absolute atomic E-state index is 10.9. The standard InChI is InChI=1S/C9H8N2O3/c12-4-9(13)11-6-1-2-8-7(3-6)10-5-14-8/h1-3,5,12H,4H2,(H,11,13). The van der Waals surface area contributed by atoms with Crippen molar-refractivity contribution in [1.29, 1.82) is 0 Å². The first kappa shape index (κ1) is 8.71. The van der Waals surface area contributed by atoms with Gasteiger partial charge in [-0.2, -0.15) is 0 Å². The number of aromatic nitrogens is 1. The molecule has 0 radical (unpaired) electrons. The maximum Gasteiger partial charge on any atom is 0.250 e. The summed E-state index contributed by atoms with van der Waals surface area (Å²) in [5.74, 6) is -0.451. The summed E-state index contributed by atoms with van der Waals surface area (Å²) in [6.45, 7) is -0.531. The van der Waals surface area contributed by atoms with Gasteiger partial charge in [0.25, 0.3) is 0 Å². The van der Waals surface area contributed by atoms with E-state index in [0.717, 1.165) is 0 Å². The Morgan fingerprint density at radius 3 is 3.21 bits per heavy atom. The van der Waals surface area contributed by atoms with Crippen molar-refractivity contribution in [1.82, 2.24) is 4.98 Å². The fourth-order valence-corrected chi connectivity index (χ4v) is 1.14. The number of carbonyl (C=O) groups excluding carboxylic acids is 1. The molecule has 5 nitrogen and oxygen atoms in total. The molecule has 0 saturated carbocycles. The third-order valence-corrected chi connectivity index (χ3v) is 1.76. The lowest BCUT2D eigenvalue weighted by Gasteiger charge is -2.01. The number of aliphatic hydroxyl groups excluding tert-OH is 1. The number of hydrogen-bond donors (Lipinski definition) is 2. The van der Waals surface area contributed by atoms with Crippen LogP contribution in [0.5, 0.6) is 0 Å². The smallest absolute Gasteiger partial charge is 0.250 e. The van der Waals surface area contributed by atoms with E-state index in [-0.39, 0.29) is 0 Å². The number of aliphatic hydroxyl groups is 1. The Hall–Kier alpha value is -1.88. The zero-order valence-corrected chi connectivity index (χ0v) is 7.23. The van der Waals surface area contributed by atoms with Crippen LogP contribution in [-0.2, 0) is 4.79 Å². The van der Waals surface area contributed by atoms with E-state index in [4.69, 9.17) is 9.52 Å². The molecule has 0 aliphatic carbocycles. The van der Waals surface area contributed by atoms with Crippen molar-refractivity contribution in [2.45, 2.75) is 0 Å². The molecule has 1 aromatic carbocycles. The number of hydrogen-bond acceptors (Lipinski definition) is 4. The van der Waals surface area contributed by atoms with Gasteiger partial charge in [0.05, 0.1) is 0 Å². The van der Waals surface area contributed by atoms with Gasteiger partial charge in [-0.25, -0.2) is 4.98 Å². The molecule has 0 atom stereocenters. The normalized spacial score (nSPS) is 10.4. The van der Waals surface area contributed by atoms with Crippen molar-refractivity contribution < 1.29 is 14.3 Å². The molecule has 0 saturated heterocycles. The third kappa shape index (κ3) is 1.57. The minimum Gasteiger partial charge on any atom is -0.443 e. The Kier molecular flexibility index (Phi) is 2.16. The number of oxazole rings is 1. The van der Waals surface area contributed by atoms with Crippen LogP contribution in [0, 0.1) is 0 Å². The zero-order valence-electron chi connectivity index (χ0n) is 7.23. The first-order valence-electron chi connectivity index (χ1n) is 4.03. The van der Waals surface area contributed by atoms with E-state index in [1.54, 1.807) is 18.2 Å².